The minimum atomic E-state index is -1.22. The van der Waals surface area contributed by atoms with Gasteiger partial charge in [0, 0.05) is 49.7 Å². The van der Waals surface area contributed by atoms with Gasteiger partial charge in [0.25, 0.3) is 0 Å². The van der Waals surface area contributed by atoms with E-state index in [0.29, 0.717) is 31.9 Å². The molecule has 0 unspecified atom stereocenters. The second kappa shape index (κ2) is 12.4. The Morgan fingerprint density at radius 2 is 1.83 bits per heavy atom. The molecule has 0 amide bonds. The summed E-state index contributed by atoms with van der Waals surface area (Å²) in [6.07, 6.45) is 4.96. The molecule has 1 aliphatic rings. The van der Waals surface area contributed by atoms with Crippen molar-refractivity contribution < 1.29 is 19.4 Å². The number of hydrogen-bond acceptors (Lipinski definition) is 6. The van der Waals surface area contributed by atoms with Crippen molar-refractivity contribution in [2.75, 3.05) is 13.7 Å². The molecule has 1 aliphatic carbocycles. The predicted molar refractivity (Wildman–Crippen MR) is 169 cm³/mol. The molecule has 3 aromatic heterocycles. The van der Waals surface area contributed by atoms with Crippen molar-refractivity contribution in [1.29, 1.82) is 0 Å². The van der Waals surface area contributed by atoms with E-state index < -0.39 is 14.0 Å². The average molecular weight is 587 g/mol. The summed E-state index contributed by atoms with van der Waals surface area (Å²) in [7, 11) is 0.457. The Kier molecular flexibility index (Phi) is 8.80. The van der Waals surface area contributed by atoms with E-state index in [1.807, 2.05) is 23.0 Å². The monoisotopic (exact) mass is 586 g/mol. The highest BCUT2D eigenvalue weighted by Crippen LogP contribution is 2.38. The molecular formula is C33H42N4O4Si. The molecule has 1 N–H and O–H groups in total. The zero-order valence-electron chi connectivity index (χ0n) is 25.6. The van der Waals surface area contributed by atoms with Crippen molar-refractivity contribution >= 4 is 25.1 Å². The van der Waals surface area contributed by atoms with Crippen LogP contribution >= 0.6 is 0 Å². The van der Waals surface area contributed by atoms with E-state index >= 15 is 0 Å². The molecule has 8 nitrogen and oxygen atoms in total. The largest absolute Gasteiger partial charge is 0.494 e. The summed E-state index contributed by atoms with van der Waals surface area (Å²) < 4.78 is 13.8. The zero-order chi connectivity index (χ0) is 30.0. The van der Waals surface area contributed by atoms with Gasteiger partial charge < -0.3 is 14.6 Å². The van der Waals surface area contributed by atoms with Gasteiger partial charge in [-0.2, -0.15) is 5.10 Å². The van der Waals surface area contributed by atoms with Gasteiger partial charge in [0.05, 0.1) is 18.5 Å². The second-order valence-corrected chi connectivity index (χ2v) is 18.3. The van der Waals surface area contributed by atoms with Crippen LogP contribution in [0.15, 0.2) is 42.6 Å². The normalized spacial score (nSPS) is 17.5. The Balaban J connectivity index is 1.53. The number of rotatable bonds is 10. The van der Waals surface area contributed by atoms with Crippen LogP contribution in [-0.2, 0) is 16.3 Å². The van der Waals surface area contributed by atoms with Crippen molar-refractivity contribution in [3.63, 3.8) is 0 Å². The minimum Gasteiger partial charge on any atom is -0.494 e. The first-order valence-electron chi connectivity index (χ1n) is 14.8. The first kappa shape index (κ1) is 29.9. The van der Waals surface area contributed by atoms with Gasteiger partial charge >= 0.3 is 5.97 Å². The molecule has 0 radical (unpaired) electrons. The van der Waals surface area contributed by atoms with Crippen LogP contribution in [0.3, 0.4) is 0 Å². The van der Waals surface area contributed by atoms with E-state index in [-0.39, 0.29) is 11.8 Å². The van der Waals surface area contributed by atoms with E-state index in [9.17, 15) is 9.90 Å². The van der Waals surface area contributed by atoms with Gasteiger partial charge in [0.2, 0.25) is 0 Å². The number of nitrogens with zero attached hydrogens (tertiary/aromatic N) is 4. The Morgan fingerprint density at radius 3 is 2.48 bits per heavy atom. The third-order valence-corrected chi connectivity index (χ3v) is 10.2. The number of hydrogen-bond donors (Lipinski definition) is 1. The summed E-state index contributed by atoms with van der Waals surface area (Å²) in [6.45, 7) is 12.3. The maximum atomic E-state index is 11.4. The fourth-order valence-corrected chi connectivity index (χ4v) is 6.44. The first-order valence-corrected chi connectivity index (χ1v) is 18.6. The molecule has 0 atom stereocenters. The fourth-order valence-electron chi connectivity index (χ4n) is 5.68. The van der Waals surface area contributed by atoms with Crippen molar-refractivity contribution in [2.45, 2.75) is 77.9 Å². The Labute approximate surface area is 249 Å². The quantitative estimate of drug-likeness (QED) is 0.152. The SMILES string of the molecule is COc1cc2c(nc1-c1cccc(C)c1C)c(-c1ccc(C3CCC(C(=O)O)CC3)nc1)nn2COCC[Si](C)(C)C. The topological polar surface area (TPSA) is 99.4 Å². The predicted octanol–water partition coefficient (Wildman–Crippen LogP) is 7.46. The van der Waals surface area contributed by atoms with E-state index in [4.69, 9.17) is 24.5 Å². The average Bonchev–Trinajstić information content (AvgIpc) is 3.33. The highest BCUT2D eigenvalue weighted by molar-refractivity contribution is 6.76. The van der Waals surface area contributed by atoms with Crippen LogP contribution in [0.25, 0.3) is 33.5 Å². The number of benzene rings is 1. The van der Waals surface area contributed by atoms with Crippen molar-refractivity contribution in [3.05, 3.63) is 59.4 Å². The standard InChI is InChI=1S/C33H42N4O4Si/c1-21-8-7-9-26(22(21)2)31-29(40-3)18-28-32(35-31)30(36-37(28)20-41-16-17-42(4,5)6)25-14-15-27(34-19-25)23-10-12-24(13-11-23)33(38)39/h7-9,14-15,18-19,23-24H,10-13,16-17,20H2,1-6H3,(H,38,39). The van der Waals surface area contributed by atoms with Gasteiger partial charge in [-0.15, -0.1) is 0 Å². The van der Waals surface area contributed by atoms with Crippen LogP contribution in [0.4, 0.5) is 0 Å². The lowest BCUT2D eigenvalue weighted by molar-refractivity contribution is -0.142. The lowest BCUT2D eigenvalue weighted by Crippen LogP contribution is -2.22. The number of carboxylic acids is 1. The lowest BCUT2D eigenvalue weighted by atomic mass is 9.80. The number of carbonyl (C=O) groups is 1. The van der Waals surface area contributed by atoms with Crippen LogP contribution in [0.2, 0.25) is 25.7 Å². The third kappa shape index (κ3) is 6.42. The van der Waals surface area contributed by atoms with Gasteiger partial charge in [-0.3, -0.25) is 9.78 Å². The summed E-state index contributed by atoms with van der Waals surface area (Å²) >= 11 is 0. The van der Waals surface area contributed by atoms with Gasteiger partial charge in [-0.25, -0.2) is 9.67 Å². The number of ether oxygens (including phenoxy) is 2. The number of pyridine rings is 2. The summed E-state index contributed by atoms with van der Waals surface area (Å²) in [4.78, 5) is 21.4. The molecular weight excluding hydrogens is 544 g/mol. The number of fused-ring (bicyclic) bond motifs is 1. The molecule has 1 aromatic carbocycles. The molecule has 0 aliphatic heterocycles. The van der Waals surface area contributed by atoms with Crippen LogP contribution in [0.1, 0.15) is 48.4 Å². The zero-order valence-corrected chi connectivity index (χ0v) is 26.6. The highest BCUT2D eigenvalue weighted by atomic mass is 28.3. The summed E-state index contributed by atoms with van der Waals surface area (Å²) in [5.41, 5.74) is 8.43. The molecule has 4 aromatic rings. The molecule has 222 valence electrons. The lowest BCUT2D eigenvalue weighted by Gasteiger charge is -2.25. The maximum Gasteiger partial charge on any atom is 0.306 e. The van der Waals surface area contributed by atoms with Crippen LogP contribution in [0, 0.1) is 19.8 Å². The van der Waals surface area contributed by atoms with Crippen molar-refractivity contribution in [3.8, 4) is 28.3 Å². The molecule has 5 rings (SSSR count). The molecule has 1 fully saturated rings. The van der Waals surface area contributed by atoms with E-state index in [2.05, 4.69) is 57.8 Å². The number of aryl methyl sites for hydroxylation is 1. The smallest absolute Gasteiger partial charge is 0.306 e. The first-order chi connectivity index (χ1) is 20.1. The van der Waals surface area contributed by atoms with Crippen LogP contribution in [0.5, 0.6) is 5.75 Å². The fraction of sp³-hybridized carbons (Fsp3) is 0.455. The summed E-state index contributed by atoms with van der Waals surface area (Å²) in [5, 5.41) is 14.4. The molecule has 0 spiro atoms. The molecule has 1 saturated carbocycles. The van der Waals surface area contributed by atoms with Crippen molar-refractivity contribution in [1.82, 2.24) is 19.7 Å². The number of aliphatic carboxylic acids is 1. The maximum absolute atomic E-state index is 11.4. The summed E-state index contributed by atoms with van der Waals surface area (Å²) in [5.74, 6) is 0.0459. The minimum absolute atomic E-state index is 0.238. The number of carboxylic acid groups (broad SMARTS) is 1. The molecule has 0 bridgehead atoms. The number of methoxy groups -OCH3 is 1. The van der Waals surface area contributed by atoms with Gasteiger partial charge in [-0.1, -0.05) is 37.8 Å². The van der Waals surface area contributed by atoms with Gasteiger partial charge in [-0.05, 0) is 68.8 Å². The van der Waals surface area contributed by atoms with E-state index in [0.717, 1.165) is 63.7 Å². The van der Waals surface area contributed by atoms with Gasteiger partial charge in [0.1, 0.15) is 29.4 Å². The Morgan fingerprint density at radius 1 is 1.07 bits per heavy atom. The molecule has 9 heteroatoms. The van der Waals surface area contributed by atoms with Gasteiger partial charge in [0.15, 0.2) is 0 Å². The summed E-state index contributed by atoms with van der Waals surface area (Å²) in [6, 6.07) is 13.5. The van der Waals surface area contributed by atoms with Crippen LogP contribution < -0.4 is 4.74 Å². The molecule has 0 saturated heterocycles. The second-order valence-electron chi connectivity index (χ2n) is 12.7. The Hall–Kier alpha value is -3.56. The van der Waals surface area contributed by atoms with Crippen LogP contribution in [-0.4, -0.2) is 52.6 Å². The Bertz CT molecular complexity index is 1570. The van der Waals surface area contributed by atoms with E-state index in [1.54, 1.807) is 7.11 Å². The molecule has 42 heavy (non-hydrogen) atoms. The third-order valence-electron chi connectivity index (χ3n) is 8.53. The molecule has 3 heterocycles. The number of aromatic nitrogens is 4. The van der Waals surface area contributed by atoms with E-state index in [1.165, 1.54) is 5.56 Å². The van der Waals surface area contributed by atoms with Crippen molar-refractivity contribution in [2.24, 2.45) is 5.92 Å². The highest BCUT2D eigenvalue weighted by Gasteiger charge is 2.28.